The van der Waals surface area contributed by atoms with Gasteiger partial charge in [-0.2, -0.15) is 0 Å². The molecule has 2 nitrogen and oxygen atoms in total. The van der Waals surface area contributed by atoms with Gasteiger partial charge in [0.2, 0.25) is 0 Å². The van der Waals surface area contributed by atoms with E-state index in [0.717, 1.165) is 38.0 Å². The van der Waals surface area contributed by atoms with Crippen molar-refractivity contribution >= 4 is 11.4 Å². The molecule has 0 heterocycles. The highest BCUT2D eigenvalue weighted by Gasteiger charge is 2.16. The van der Waals surface area contributed by atoms with E-state index < -0.39 is 0 Å². The van der Waals surface area contributed by atoms with Crippen LogP contribution in [0.1, 0.15) is 54.9 Å². The lowest BCUT2D eigenvalue weighted by atomic mass is 9.94. The van der Waals surface area contributed by atoms with E-state index in [2.05, 4.69) is 68.6 Å². The summed E-state index contributed by atoms with van der Waals surface area (Å²) in [5, 5.41) is 0. The minimum Gasteiger partial charge on any atom is -0.398 e. The van der Waals surface area contributed by atoms with E-state index in [1.807, 2.05) is 6.08 Å². The van der Waals surface area contributed by atoms with Crippen LogP contribution in [0.4, 0.5) is 11.4 Å². The number of benzene rings is 2. The maximum Gasteiger partial charge on any atom is 0.0429 e. The average Bonchev–Trinajstić information content (AvgIpc) is 2.65. The van der Waals surface area contributed by atoms with Gasteiger partial charge in [-0.3, -0.25) is 0 Å². The van der Waals surface area contributed by atoms with Gasteiger partial charge >= 0.3 is 0 Å². The van der Waals surface area contributed by atoms with Crippen LogP contribution >= 0.6 is 0 Å². The highest BCUT2D eigenvalue weighted by atomic mass is 15.1. The first-order valence-corrected chi connectivity index (χ1v) is 9.86. The van der Waals surface area contributed by atoms with Gasteiger partial charge in [0.15, 0.2) is 0 Å². The second-order valence-electron chi connectivity index (χ2n) is 7.16. The van der Waals surface area contributed by atoms with E-state index in [-0.39, 0.29) is 0 Å². The Kier molecular flexibility index (Phi) is 7.77. The summed E-state index contributed by atoms with van der Waals surface area (Å²) in [7, 11) is 0. The van der Waals surface area contributed by atoms with Crippen LogP contribution < -0.4 is 10.6 Å². The van der Waals surface area contributed by atoms with Crippen LogP contribution in [0.25, 0.3) is 0 Å². The minimum absolute atomic E-state index is 0.911. The van der Waals surface area contributed by atoms with E-state index in [1.54, 1.807) is 0 Å². The first-order chi connectivity index (χ1) is 12.6. The summed E-state index contributed by atoms with van der Waals surface area (Å²) in [5.41, 5.74) is 14.0. The summed E-state index contributed by atoms with van der Waals surface area (Å²) in [6, 6.07) is 12.9. The van der Waals surface area contributed by atoms with Gasteiger partial charge in [0.1, 0.15) is 0 Å². The third kappa shape index (κ3) is 5.14. The SMILES string of the molecule is C=CCCCc1c(C)c(N)cc(N(CCCC)Cc2ccccc2)c1C. The summed E-state index contributed by atoms with van der Waals surface area (Å²) >= 11 is 0. The molecule has 0 radical (unpaired) electrons. The maximum absolute atomic E-state index is 6.41. The molecule has 140 valence electrons. The number of allylic oxidation sites excluding steroid dienone is 1. The Morgan fingerprint density at radius 3 is 2.46 bits per heavy atom. The van der Waals surface area contributed by atoms with E-state index in [4.69, 9.17) is 5.73 Å². The number of anilines is 2. The van der Waals surface area contributed by atoms with Crippen molar-refractivity contribution in [1.82, 2.24) is 0 Å². The minimum atomic E-state index is 0.911. The molecule has 2 aromatic carbocycles. The molecular weight excluding hydrogens is 316 g/mol. The molecule has 0 aliphatic carbocycles. The van der Waals surface area contributed by atoms with Crippen molar-refractivity contribution < 1.29 is 0 Å². The van der Waals surface area contributed by atoms with Gasteiger partial charge in [-0.25, -0.2) is 0 Å². The van der Waals surface area contributed by atoms with E-state index in [1.165, 1.54) is 40.8 Å². The fourth-order valence-corrected chi connectivity index (χ4v) is 3.54. The van der Waals surface area contributed by atoms with Gasteiger partial charge in [-0.15, -0.1) is 6.58 Å². The van der Waals surface area contributed by atoms with Crippen LogP contribution in [-0.4, -0.2) is 6.54 Å². The van der Waals surface area contributed by atoms with Crippen LogP contribution in [0.5, 0.6) is 0 Å². The number of hydrogen-bond acceptors (Lipinski definition) is 2. The van der Waals surface area contributed by atoms with Crippen molar-refractivity contribution in [2.24, 2.45) is 0 Å². The fourth-order valence-electron chi connectivity index (χ4n) is 3.54. The molecule has 0 unspecified atom stereocenters. The molecule has 0 saturated heterocycles. The standard InChI is InChI=1S/C24H34N2/c1-5-7-10-15-22-19(3)23(25)17-24(20(22)4)26(16-8-6-2)18-21-13-11-9-12-14-21/h5,9,11-14,17H,1,6-8,10,15-16,18,25H2,2-4H3. The van der Waals surface area contributed by atoms with Crippen molar-refractivity contribution in [1.29, 1.82) is 0 Å². The molecule has 0 fully saturated rings. The van der Waals surface area contributed by atoms with Gasteiger partial charge in [-0.1, -0.05) is 49.8 Å². The quantitative estimate of drug-likeness (QED) is 0.314. The molecule has 2 rings (SSSR count). The van der Waals surface area contributed by atoms with Crippen molar-refractivity contribution in [2.75, 3.05) is 17.2 Å². The predicted molar refractivity (Wildman–Crippen MR) is 116 cm³/mol. The molecule has 0 spiro atoms. The van der Waals surface area contributed by atoms with Gasteiger partial charge in [0.25, 0.3) is 0 Å². The first-order valence-electron chi connectivity index (χ1n) is 9.86. The second-order valence-corrected chi connectivity index (χ2v) is 7.16. The lowest BCUT2D eigenvalue weighted by molar-refractivity contribution is 0.712. The molecule has 0 amide bonds. The van der Waals surface area contributed by atoms with Crippen LogP contribution in [0.15, 0.2) is 49.1 Å². The van der Waals surface area contributed by atoms with Crippen molar-refractivity contribution in [3.8, 4) is 0 Å². The molecule has 0 bridgehead atoms. The lowest BCUT2D eigenvalue weighted by Crippen LogP contribution is -2.25. The van der Waals surface area contributed by atoms with E-state index in [0.29, 0.717) is 0 Å². The zero-order valence-electron chi connectivity index (χ0n) is 16.7. The average molecular weight is 351 g/mol. The molecule has 0 aliphatic rings. The molecule has 2 N–H and O–H groups in total. The first kappa shape index (κ1) is 20.1. The molecule has 2 aromatic rings. The largest absolute Gasteiger partial charge is 0.398 e. The number of unbranched alkanes of at least 4 members (excludes halogenated alkanes) is 2. The molecular formula is C24H34N2. The highest BCUT2D eigenvalue weighted by molar-refractivity contribution is 5.68. The van der Waals surface area contributed by atoms with Gasteiger partial charge < -0.3 is 10.6 Å². The molecule has 0 atom stereocenters. The van der Waals surface area contributed by atoms with Crippen LogP contribution in [0.2, 0.25) is 0 Å². The van der Waals surface area contributed by atoms with Crippen LogP contribution in [0.3, 0.4) is 0 Å². The Morgan fingerprint density at radius 2 is 1.81 bits per heavy atom. The van der Waals surface area contributed by atoms with Crippen molar-refractivity contribution in [2.45, 2.75) is 59.4 Å². The smallest absolute Gasteiger partial charge is 0.0429 e. The Hall–Kier alpha value is -2.22. The molecule has 26 heavy (non-hydrogen) atoms. The third-order valence-electron chi connectivity index (χ3n) is 5.19. The topological polar surface area (TPSA) is 29.3 Å². The summed E-state index contributed by atoms with van der Waals surface area (Å²) < 4.78 is 0. The van der Waals surface area contributed by atoms with E-state index in [9.17, 15) is 0 Å². The highest BCUT2D eigenvalue weighted by Crippen LogP contribution is 2.32. The molecule has 0 saturated carbocycles. The summed E-state index contributed by atoms with van der Waals surface area (Å²) in [6.45, 7) is 12.5. The van der Waals surface area contributed by atoms with Crippen molar-refractivity contribution in [3.63, 3.8) is 0 Å². The Balaban J connectivity index is 2.37. The summed E-state index contributed by atoms with van der Waals surface area (Å²) in [4.78, 5) is 2.50. The normalized spacial score (nSPS) is 10.7. The predicted octanol–water partition coefficient (Wildman–Crippen LogP) is 6.20. The Labute approximate surface area is 159 Å². The number of nitrogen functional groups attached to an aromatic ring is 1. The number of nitrogens with zero attached hydrogens (tertiary/aromatic N) is 1. The van der Waals surface area contributed by atoms with Gasteiger partial charge in [0, 0.05) is 24.5 Å². The number of nitrogens with two attached hydrogens (primary N) is 1. The van der Waals surface area contributed by atoms with Gasteiger partial charge in [-0.05, 0) is 67.9 Å². The maximum atomic E-state index is 6.41. The summed E-state index contributed by atoms with van der Waals surface area (Å²) in [6.07, 6.45) is 7.62. The second kappa shape index (κ2) is 10.1. The zero-order chi connectivity index (χ0) is 18.9. The lowest BCUT2D eigenvalue weighted by Gasteiger charge is -2.29. The van der Waals surface area contributed by atoms with Crippen LogP contribution in [0, 0.1) is 13.8 Å². The third-order valence-corrected chi connectivity index (χ3v) is 5.19. The molecule has 0 aliphatic heterocycles. The molecule has 2 heteroatoms. The van der Waals surface area contributed by atoms with E-state index >= 15 is 0 Å². The van der Waals surface area contributed by atoms with Gasteiger partial charge in [0.05, 0.1) is 0 Å². The Morgan fingerprint density at radius 1 is 1.08 bits per heavy atom. The molecule has 0 aromatic heterocycles. The van der Waals surface area contributed by atoms with Crippen LogP contribution in [-0.2, 0) is 13.0 Å². The number of hydrogen-bond donors (Lipinski definition) is 1. The Bertz CT molecular complexity index is 704. The van der Waals surface area contributed by atoms with Crippen molar-refractivity contribution in [3.05, 3.63) is 71.3 Å². The fraction of sp³-hybridized carbons (Fsp3) is 0.417. The monoisotopic (exact) mass is 350 g/mol. The zero-order valence-corrected chi connectivity index (χ0v) is 16.7. The number of rotatable bonds is 10. The summed E-state index contributed by atoms with van der Waals surface area (Å²) in [5.74, 6) is 0.